The number of hydrogen-bond donors (Lipinski definition) is 3. The highest BCUT2D eigenvalue weighted by Gasteiger charge is 2.58. The molecule has 0 aromatic heterocycles. The molecule has 7 atom stereocenters. The Hall–Kier alpha value is -1.66. The highest BCUT2D eigenvalue weighted by atomic mass is 16.6. The van der Waals surface area contributed by atoms with Crippen LogP contribution in [0.15, 0.2) is 33.6 Å². The van der Waals surface area contributed by atoms with E-state index in [1.165, 1.54) is 11.1 Å². The summed E-state index contributed by atoms with van der Waals surface area (Å²) in [5.74, 6) is 0.601. The van der Waals surface area contributed by atoms with Crippen molar-refractivity contribution in [3.63, 3.8) is 0 Å². The lowest BCUT2D eigenvalue weighted by atomic mass is 9.48. The van der Waals surface area contributed by atoms with Gasteiger partial charge in [0, 0.05) is 17.3 Å². The second kappa shape index (κ2) is 6.70. The molecule has 2 fully saturated rings. The molecule has 6 heteroatoms. The summed E-state index contributed by atoms with van der Waals surface area (Å²) in [5, 5.41) is 38.0. The lowest BCUT2D eigenvalue weighted by Crippen LogP contribution is -2.55. The van der Waals surface area contributed by atoms with Gasteiger partial charge in [0.2, 0.25) is 0 Å². The first-order valence-electron chi connectivity index (χ1n) is 10.3. The minimum absolute atomic E-state index is 0.0488. The molecule has 4 aliphatic rings. The van der Waals surface area contributed by atoms with Crippen molar-refractivity contribution >= 4 is 11.4 Å². The summed E-state index contributed by atoms with van der Waals surface area (Å²) < 4.78 is 0. The van der Waals surface area contributed by atoms with Crippen LogP contribution < -0.4 is 0 Å². The molecule has 2 saturated carbocycles. The monoisotopic (exact) mass is 388 g/mol. The Morgan fingerprint density at radius 3 is 2.64 bits per heavy atom. The van der Waals surface area contributed by atoms with Crippen molar-refractivity contribution in [2.75, 3.05) is 7.11 Å². The Morgan fingerprint density at radius 1 is 1.21 bits per heavy atom. The van der Waals surface area contributed by atoms with Gasteiger partial charge in [-0.05, 0) is 67.6 Å². The Labute approximate surface area is 166 Å². The molecule has 0 amide bonds. The highest BCUT2D eigenvalue weighted by molar-refractivity contribution is 6.00. The summed E-state index contributed by atoms with van der Waals surface area (Å²) in [7, 11) is 1.56. The van der Waals surface area contributed by atoms with E-state index in [0.29, 0.717) is 18.8 Å². The summed E-state index contributed by atoms with van der Waals surface area (Å²) in [5.41, 5.74) is 4.06. The van der Waals surface area contributed by atoms with E-state index in [0.717, 1.165) is 30.7 Å². The maximum atomic E-state index is 10.5. The summed E-state index contributed by atoms with van der Waals surface area (Å²) in [6.45, 7) is 6.43. The van der Waals surface area contributed by atoms with Gasteiger partial charge in [0.25, 0.3) is 0 Å². The van der Waals surface area contributed by atoms with E-state index in [2.05, 4.69) is 36.3 Å². The molecule has 28 heavy (non-hydrogen) atoms. The Bertz CT molecular complexity index is 785. The van der Waals surface area contributed by atoms with Crippen LogP contribution >= 0.6 is 0 Å². The first-order chi connectivity index (χ1) is 13.3. The summed E-state index contributed by atoms with van der Waals surface area (Å²) in [4.78, 5) is 5.16. The van der Waals surface area contributed by atoms with E-state index in [1.807, 2.05) is 6.92 Å². The zero-order valence-electron chi connectivity index (χ0n) is 17.2. The van der Waals surface area contributed by atoms with Crippen LogP contribution in [0, 0.1) is 28.6 Å². The molecule has 0 spiro atoms. The van der Waals surface area contributed by atoms with Gasteiger partial charge in [0.15, 0.2) is 0 Å². The number of hydrogen-bond acceptors (Lipinski definition) is 6. The SMILES string of the molecule is CO/N=C1/C=C2C3=CC[C@H](/C(C)=N\O)[C@@]3(C)CCC2[C@@]2(C)C[C@H](O)[C@H](O)CC12. The average molecular weight is 389 g/mol. The molecule has 0 radical (unpaired) electrons. The molecule has 3 N–H and O–H groups in total. The fraction of sp³-hybridized carbons (Fsp3) is 0.727. The van der Waals surface area contributed by atoms with Crippen molar-refractivity contribution in [3.05, 3.63) is 23.3 Å². The number of fused-ring (bicyclic) bond motifs is 5. The predicted octanol–water partition coefficient (Wildman–Crippen LogP) is 3.28. The van der Waals surface area contributed by atoms with Gasteiger partial charge in [-0.3, -0.25) is 0 Å². The summed E-state index contributed by atoms with van der Waals surface area (Å²) in [6, 6.07) is 0. The Balaban J connectivity index is 1.80. The smallest absolute Gasteiger partial charge is 0.106 e. The number of oxime groups is 2. The molecule has 2 unspecified atom stereocenters. The Kier molecular flexibility index (Phi) is 4.70. The molecule has 154 valence electrons. The molecule has 4 aliphatic carbocycles. The van der Waals surface area contributed by atoms with E-state index in [-0.39, 0.29) is 22.7 Å². The van der Waals surface area contributed by atoms with E-state index in [9.17, 15) is 15.4 Å². The maximum Gasteiger partial charge on any atom is 0.106 e. The van der Waals surface area contributed by atoms with Crippen molar-refractivity contribution in [2.24, 2.45) is 38.9 Å². The van der Waals surface area contributed by atoms with Gasteiger partial charge in [-0.15, -0.1) is 0 Å². The van der Waals surface area contributed by atoms with Crippen LogP contribution in [-0.2, 0) is 4.84 Å². The van der Waals surface area contributed by atoms with Gasteiger partial charge in [-0.2, -0.15) is 0 Å². The van der Waals surface area contributed by atoms with Crippen LogP contribution in [0.1, 0.15) is 52.9 Å². The van der Waals surface area contributed by atoms with Crippen molar-refractivity contribution < 1.29 is 20.3 Å². The van der Waals surface area contributed by atoms with Crippen molar-refractivity contribution in [1.29, 1.82) is 0 Å². The van der Waals surface area contributed by atoms with E-state index < -0.39 is 12.2 Å². The van der Waals surface area contributed by atoms with Gasteiger partial charge in [0.1, 0.15) is 7.11 Å². The topological polar surface area (TPSA) is 94.6 Å². The molecule has 0 aromatic rings. The fourth-order valence-corrected chi connectivity index (χ4v) is 6.72. The normalized spacial score (nSPS) is 47.0. The van der Waals surface area contributed by atoms with E-state index >= 15 is 0 Å². The summed E-state index contributed by atoms with van der Waals surface area (Å²) in [6.07, 6.45) is 7.05. The van der Waals surface area contributed by atoms with Crippen molar-refractivity contribution in [2.45, 2.75) is 65.1 Å². The number of nitrogens with zero attached hydrogens (tertiary/aromatic N) is 2. The average Bonchev–Trinajstić information content (AvgIpc) is 3.01. The third-order valence-electron chi connectivity index (χ3n) is 8.26. The minimum atomic E-state index is -0.720. The highest BCUT2D eigenvalue weighted by Crippen LogP contribution is 2.63. The van der Waals surface area contributed by atoms with Crippen LogP contribution in [0.5, 0.6) is 0 Å². The molecule has 0 saturated heterocycles. The van der Waals surface area contributed by atoms with Crippen LogP contribution in [0.25, 0.3) is 0 Å². The zero-order chi connectivity index (χ0) is 20.3. The van der Waals surface area contributed by atoms with Gasteiger partial charge in [0.05, 0.1) is 23.6 Å². The van der Waals surface area contributed by atoms with Crippen LogP contribution in [0.2, 0.25) is 0 Å². The fourth-order valence-electron chi connectivity index (χ4n) is 6.72. The van der Waals surface area contributed by atoms with Gasteiger partial charge >= 0.3 is 0 Å². The number of aliphatic hydroxyl groups excluding tert-OH is 2. The maximum absolute atomic E-state index is 10.5. The Morgan fingerprint density at radius 2 is 1.96 bits per heavy atom. The van der Waals surface area contributed by atoms with Gasteiger partial charge in [-0.1, -0.05) is 30.2 Å². The quantitative estimate of drug-likeness (QED) is 0.384. The number of aliphatic hydroxyl groups is 2. The van der Waals surface area contributed by atoms with Gasteiger partial charge in [-0.25, -0.2) is 0 Å². The standard InChI is InChI=1S/C22H32N2O4/c1-12(23-27)14-5-6-15-13-9-18(24-28-4)17-10-19(25)20(26)11-22(17,3)16(13)7-8-21(14,15)2/h6,9,14,16-17,19-20,25-27H,5,7-8,10-11H2,1-4H3/b23-12-,24-18-/t14-,16?,17?,19-,20+,21-,22-/m1/s1. The third-order valence-corrected chi connectivity index (χ3v) is 8.26. The molecular weight excluding hydrogens is 356 g/mol. The zero-order valence-corrected chi connectivity index (χ0v) is 17.2. The minimum Gasteiger partial charge on any atom is -0.411 e. The number of rotatable bonds is 2. The third kappa shape index (κ3) is 2.61. The summed E-state index contributed by atoms with van der Waals surface area (Å²) >= 11 is 0. The van der Waals surface area contributed by atoms with E-state index in [1.54, 1.807) is 7.11 Å². The second-order valence-electron chi connectivity index (χ2n) is 9.59. The first-order valence-corrected chi connectivity index (χ1v) is 10.3. The van der Waals surface area contributed by atoms with Crippen LogP contribution in [0.3, 0.4) is 0 Å². The lowest BCUT2D eigenvalue weighted by Gasteiger charge is -2.56. The molecule has 0 heterocycles. The van der Waals surface area contributed by atoms with Crippen molar-refractivity contribution in [3.8, 4) is 0 Å². The first kappa shape index (κ1) is 19.6. The molecule has 6 nitrogen and oxygen atoms in total. The largest absolute Gasteiger partial charge is 0.411 e. The van der Waals surface area contributed by atoms with Crippen LogP contribution in [0.4, 0.5) is 0 Å². The number of allylic oxidation sites excluding steroid dienone is 4. The van der Waals surface area contributed by atoms with Crippen LogP contribution in [-0.4, -0.2) is 46.2 Å². The molecule has 0 aromatic carbocycles. The molecule has 4 rings (SSSR count). The second-order valence-corrected chi connectivity index (χ2v) is 9.59. The molecular formula is C22H32N2O4. The molecule has 0 bridgehead atoms. The van der Waals surface area contributed by atoms with Gasteiger partial charge < -0.3 is 20.3 Å². The van der Waals surface area contributed by atoms with Crippen molar-refractivity contribution in [1.82, 2.24) is 0 Å². The van der Waals surface area contributed by atoms with E-state index in [4.69, 9.17) is 4.84 Å². The molecule has 0 aliphatic heterocycles. The predicted molar refractivity (Wildman–Crippen MR) is 107 cm³/mol. The lowest BCUT2D eigenvalue weighted by molar-refractivity contribution is -0.0831.